The Hall–Kier alpha value is -7.01. The van der Waals surface area contributed by atoms with Crippen LogP contribution in [0.15, 0.2) is 200 Å². The zero-order valence-electron chi connectivity index (χ0n) is 30.8. The maximum absolute atomic E-state index is 4.93. The minimum absolute atomic E-state index is 0.326. The Bertz CT molecular complexity index is 3540. The monoisotopic (exact) mass is 743 g/mol. The lowest BCUT2D eigenvalue weighted by Gasteiger charge is -2.33. The molecule has 57 heavy (non-hydrogen) atoms. The van der Waals surface area contributed by atoms with Gasteiger partial charge < -0.3 is 8.97 Å². The number of hydrogen-bond donors (Lipinski definition) is 0. The average Bonchev–Trinajstić information content (AvgIpc) is 3.99. The molecule has 266 valence electrons. The first-order chi connectivity index (χ1) is 28.3. The summed E-state index contributed by atoms with van der Waals surface area (Å²) >= 11 is 1.97. The van der Waals surface area contributed by atoms with Gasteiger partial charge in [0, 0.05) is 71.8 Å². The van der Waals surface area contributed by atoms with Gasteiger partial charge in [-0.3, -0.25) is 0 Å². The SMILES string of the molecule is C1=CC2=CC(c3cccc4c3sc3c4c4ccccc4c4c3c3c5ccccc5ccc3n4-c3ccc(-c4cn5ccccc5n4)cc3)=C3C=CC=CC3C2C=C1. The molecule has 0 saturated carbocycles. The molecule has 0 saturated heterocycles. The zero-order chi connectivity index (χ0) is 37.2. The van der Waals surface area contributed by atoms with Crippen molar-refractivity contribution in [3.05, 3.63) is 205 Å². The third-order valence-electron chi connectivity index (χ3n) is 12.5. The summed E-state index contributed by atoms with van der Waals surface area (Å²) in [6, 6.07) is 44.7. The summed E-state index contributed by atoms with van der Waals surface area (Å²) in [5.41, 5.74) is 12.1. The number of fused-ring (bicyclic) bond motifs is 16. The normalized spacial score (nSPS) is 17.6. The lowest BCUT2D eigenvalue weighted by molar-refractivity contribution is 0.618. The van der Waals surface area contributed by atoms with Crippen molar-refractivity contribution in [1.82, 2.24) is 14.0 Å². The molecule has 6 aromatic carbocycles. The summed E-state index contributed by atoms with van der Waals surface area (Å²) in [4.78, 5) is 4.93. The van der Waals surface area contributed by atoms with E-state index in [2.05, 4.69) is 185 Å². The first kappa shape index (κ1) is 31.2. The van der Waals surface area contributed by atoms with Crippen molar-refractivity contribution in [2.45, 2.75) is 0 Å². The standard InChI is InChI=1S/C53H33N3S/c1-4-15-37-32(12-1)25-28-46-49(37)50-51(56(46)35-26-23-33(24-27-35)45-31-55-29-10-9-22-47(55)54-45)41-19-8-7-18-40(41)48-43-21-11-20-42(52(43)57-53(48)50)44-30-34-13-2-3-14-36(34)38-16-5-6-17-39(38)44/h1-31,36,38H. The van der Waals surface area contributed by atoms with Gasteiger partial charge in [-0.15, -0.1) is 11.3 Å². The number of pyridine rings is 1. The van der Waals surface area contributed by atoms with Crippen LogP contribution >= 0.6 is 11.3 Å². The van der Waals surface area contributed by atoms with Gasteiger partial charge in [0.05, 0.1) is 16.7 Å². The molecule has 3 nitrogen and oxygen atoms in total. The van der Waals surface area contributed by atoms with Gasteiger partial charge in [0.1, 0.15) is 5.65 Å². The first-order valence-corrected chi connectivity index (χ1v) is 20.5. The van der Waals surface area contributed by atoms with E-state index in [0.717, 1.165) is 22.6 Å². The predicted octanol–water partition coefficient (Wildman–Crippen LogP) is 14.0. The van der Waals surface area contributed by atoms with Crippen molar-refractivity contribution in [3.8, 4) is 16.9 Å². The van der Waals surface area contributed by atoms with Crippen LogP contribution in [0.2, 0.25) is 0 Å². The Labute approximate surface area is 332 Å². The van der Waals surface area contributed by atoms with Crippen molar-refractivity contribution in [2.75, 3.05) is 0 Å². The van der Waals surface area contributed by atoms with Crippen LogP contribution in [-0.4, -0.2) is 14.0 Å². The number of nitrogens with zero attached hydrogens (tertiary/aromatic N) is 3. The van der Waals surface area contributed by atoms with E-state index >= 15 is 0 Å². The summed E-state index contributed by atoms with van der Waals surface area (Å²) < 4.78 is 7.29. The summed E-state index contributed by atoms with van der Waals surface area (Å²) in [5, 5.41) is 10.4. The number of rotatable bonds is 3. The van der Waals surface area contributed by atoms with Crippen molar-refractivity contribution < 1.29 is 0 Å². The maximum Gasteiger partial charge on any atom is 0.137 e. The van der Waals surface area contributed by atoms with Crippen molar-refractivity contribution in [1.29, 1.82) is 0 Å². The molecule has 3 aliphatic carbocycles. The van der Waals surface area contributed by atoms with Crippen LogP contribution in [0.3, 0.4) is 0 Å². The van der Waals surface area contributed by atoms with Crippen LogP contribution < -0.4 is 0 Å². The molecular formula is C53H33N3S. The van der Waals surface area contributed by atoms with Gasteiger partial charge >= 0.3 is 0 Å². The molecule has 0 bridgehead atoms. The highest BCUT2D eigenvalue weighted by molar-refractivity contribution is 7.27. The molecule has 0 amide bonds. The highest BCUT2D eigenvalue weighted by Gasteiger charge is 2.32. The Kier molecular flexibility index (Phi) is 6.44. The molecule has 2 atom stereocenters. The molecule has 0 aliphatic heterocycles. The topological polar surface area (TPSA) is 22.2 Å². The molecule has 13 rings (SSSR count). The Morgan fingerprint density at radius 3 is 2.26 bits per heavy atom. The van der Waals surface area contributed by atoms with E-state index in [9.17, 15) is 0 Å². The highest BCUT2D eigenvalue weighted by atomic mass is 32.1. The van der Waals surface area contributed by atoms with Gasteiger partial charge in [-0.25, -0.2) is 4.98 Å². The van der Waals surface area contributed by atoms with Gasteiger partial charge in [-0.1, -0.05) is 146 Å². The van der Waals surface area contributed by atoms with E-state index in [4.69, 9.17) is 4.98 Å². The number of aromatic nitrogens is 3. The van der Waals surface area contributed by atoms with Crippen LogP contribution in [0.1, 0.15) is 5.56 Å². The molecule has 4 aromatic heterocycles. The van der Waals surface area contributed by atoms with E-state index < -0.39 is 0 Å². The summed E-state index contributed by atoms with van der Waals surface area (Å²) in [6.45, 7) is 0. The van der Waals surface area contributed by atoms with Crippen molar-refractivity contribution in [2.24, 2.45) is 11.8 Å². The number of imidazole rings is 1. The highest BCUT2D eigenvalue weighted by Crippen LogP contribution is 2.52. The van der Waals surface area contributed by atoms with Gasteiger partial charge in [0.25, 0.3) is 0 Å². The average molecular weight is 744 g/mol. The fraction of sp³-hybridized carbons (Fsp3) is 0.0377. The largest absolute Gasteiger partial charge is 0.309 e. The molecule has 0 radical (unpaired) electrons. The second-order valence-electron chi connectivity index (χ2n) is 15.5. The molecule has 3 aliphatic rings. The first-order valence-electron chi connectivity index (χ1n) is 19.7. The third kappa shape index (κ3) is 4.39. The van der Waals surface area contributed by atoms with Crippen molar-refractivity contribution in [3.63, 3.8) is 0 Å². The quantitative estimate of drug-likeness (QED) is 0.177. The fourth-order valence-corrected chi connectivity index (χ4v) is 11.4. The molecule has 4 heterocycles. The predicted molar refractivity (Wildman–Crippen MR) is 241 cm³/mol. The number of hydrogen-bond acceptors (Lipinski definition) is 2. The molecule has 2 unspecified atom stereocenters. The fourth-order valence-electron chi connectivity index (χ4n) is 10.0. The summed E-state index contributed by atoms with van der Waals surface area (Å²) in [5.74, 6) is 0.694. The molecule has 10 aromatic rings. The van der Waals surface area contributed by atoms with Crippen molar-refractivity contribution >= 4 is 86.1 Å². The second kappa shape index (κ2) is 11.8. The van der Waals surface area contributed by atoms with Gasteiger partial charge in [0.15, 0.2) is 0 Å². The Morgan fingerprint density at radius 2 is 1.37 bits per heavy atom. The van der Waals surface area contributed by atoms with Crippen LogP contribution in [-0.2, 0) is 0 Å². The van der Waals surface area contributed by atoms with Gasteiger partial charge in [0.2, 0.25) is 0 Å². The minimum Gasteiger partial charge on any atom is -0.309 e. The van der Waals surface area contributed by atoms with E-state index in [1.54, 1.807) is 0 Å². The minimum atomic E-state index is 0.326. The van der Waals surface area contributed by atoms with Gasteiger partial charge in [-0.2, -0.15) is 0 Å². The van der Waals surface area contributed by atoms with Crippen LogP contribution in [0.25, 0.3) is 91.7 Å². The Morgan fingerprint density at radius 1 is 0.579 bits per heavy atom. The summed E-state index contributed by atoms with van der Waals surface area (Å²) in [7, 11) is 0. The molecule has 0 N–H and O–H groups in total. The van der Waals surface area contributed by atoms with E-state index in [-0.39, 0.29) is 0 Å². The Balaban J connectivity index is 1.13. The van der Waals surface area contributed by atoms with Crippen LogP contribution in [0, 0.1) is 11.8 Å². The maximum atomic E-state index is 4.93. The smallest absolute Gasteiger partial charge is 0.137 e. The molecule has 0 fully saturated rings. The summed E-state index contributed by atoms with van der Waals surface area (Å²) in [6.07, 6.45) is 24.9. The number of benzene rings is 6. The zero-order valence-corrected chi connectivity index (χ0v) is 31.6. The van der Waals surface area contributed by atoms with Crippen LogP contribution in [0.4, 0.5) is 0 Å². The number of allylic oxidation sites excluding steroid dienone is 12. The van der Waals surface area contributed by atoms with Gasteiger partial charge in [-0.05, 0) is 68.8 Å². The molecule has 0 spiro atoms. The molecule has 4 heteroatoms. The van der Waals surface area contributed by atoms with Crippen LogP contribution in [0.5, 0.6) is 0 Å². The third-order valence-corrected chi connectivity index (χ3v) is 13.8. The van der Waals surface area contributed by atoms with E-state index in [0.29, 0.717) is 11.8 Å². The lowest BCUT2D eigenvalue weighted by atomic mass is 9.70. The number of thiophene rings is 1. The molecular weight excluding hydrogens is 711 g/mol. The second-order valence-corrected chi connectivity index (χ2v) is 16.5. The van der Waals surface area contributed by atoms with E-state index in [1.165, 1.54) is 85.8 Å². The lowest BCUT2D eigenvalue weighted by Crippen LogP contribution is -2.21. The van der Waals surface area contributed by atoms with E-state index in [1.807, 2.05) is 23.5 Å².